The third-order valence-electron chi connectivity index (χ3n) is 7.19. The minimum Gasteiger partial charge on any atom is -0.392 e. The smallest absolute Gasteiger partial charge is 0.149 e. The second-order valence-electron chi connectivity index (χ2n) is 10.5. The van der Waals surface area contributed by atoms with Gasteiger partial charge in [0.2, 0.25) is 0 Å². The van der Waals surface area contributed by atoms with E-state index in [1.807, 2.05) is 11.0 Å². The summed E-state index contributed by atoms with van der Waals surface area (Å²) in [7, 11) is 0. The highest BCUT2D eigenvalue weighted by Gasteiger charge is 2.25. The summed E-state index contributed by atoms with van der Waals surface area (Å²) in [6.07, 6.45) is 4.61. The number of hydrogen-bond donors (Lipinski definition) is 3. The third-order valence-corrected chi connectivity index (χ3v) is 7.19. The summed E-state index contributed by atoms with van der Waals surface area (Å²) in [6, 6.07) is 7.09. The van der Waals surface area contributed by atoms with Crippen LogP contribution in [0.5, 0.6) is 0 Å². The molecule has 4 heterocycles. The van der Waals surface area contributed by atoms with Gasteiger partial charge in [0, 0.05) is 45.0 Å². The fraction of sp³-hybridized carbons (Fsp3) is 0.429. The van der Waals surface area contributed by atoms with Crippen LogP contribution in [-0.2, 0) is 13.1 Å². The number of rotatable bonds is 7. The van der Waals surface area contributed by atoms with Crippen molar-refractivity contribution in [1.29, 1.82) is 0 Å². The van der Waals surface area contributed by atoms with Crippen LogP contribution in [0.15, 0.2) is 42.7 Å². The van der Waals surface area contributed by atoms with Crippen LogP contribution in [0, 0.1) is 23.4 Å². The number of aliphatic hydroxyl groups excluding tert-OH is 1. The number of nitrogens with zero attached hydrogens (tertiary/aromatic N) is 4. The standard InChI is InChI=1S/C28H33F3N6O/c1-17-8-19(32)15-37(13-17)26-4-6-33-12-25(26)34-11-20-2-3-22(29)28(35-20)27-23(30)9-18(10-24(27)31)14-36-7-5-21(38)16-36/h2-4,6,9-10,12,17,19,21,34,38H,5,7-8,11,13-16,32H2,1H3/t17-,19+,21-/m1/s1. The zero-order valence-electron chi connectivity index (χ0n) is 21.4. The zero-order valence-corrected chi connectivity index (χ0v) is 21.4. The molecule has 2 aromatic heterocycles. The first kappa shape index (κ1) is 26.4. The monoisotopic (exact) mass is 526 g/mol. The lowest BCUT2D eigenvalue weighted by molar-refractivity contribution is 0.174. The maximum atomic E-state index is 15.1. The van der Waals surface area contributed by atoms with Crippen LogP contribution in [0.3, 0.4) is 0 Å². The van der Waals surface area contributed by atoms with Gasteiger partial charge in [-0.1, -0.05) is 6.92 Å². The van der Waals surface area contributed by atoms with E-state index in [-0.39, 0.29) is 18.3 Å². The van der Waals surface area contributed by atoms with E-state index in [1.54, 1.807) is 12.4 Å². The van der Waals surface area contributed by atoms with E-state index in [0.717, 1.165) is 30.9 Å². The molecule has 0 amide bonds. The number of aromatic nitrogens is 2. The Kier molecular flexibility index (Phi) is 7.83. The van der Waals surface area contributed by atoms with Crippen LogP contribution in [-0.4, -0.2) is 58.3 Å². The summed E-state index contributed by atoms with van der Waals surface area (Å²) in [5.74, 6) is -2.10. The fourth-order valence-electron chi connectivity index (χ4n) is 5.49. The van der Waals surface area contributed by atoms with Crippen molar-refractivity contribution in [2.45, 2.75) is 45.0 Å². The zero-order chi connectivity index (χ0) is 26.8. The molecule has 2 fully saturated rings. The second kappa shape index (κ2) is 11.3. The number of hydrogen-bond acceptors (Lipinski definition) is 7. The second-order valence-corrected chi connectivity index (χ2v) is 10.5. The van der Waals surface area contributed by atoms with Gasteiger partial charge in [-0.05, 0) is 54.7 Å². The number of β-amino-alcohol motifs (C(OH)–C–C–N with tert-alkyl or cyclic N) is 1. The van der Waals surface area contributed by atoms with Crippen LogP contribution in [0.2, 0.25) is 0 Å². The maximum Gasteiger partial charge on any atom is 0.149 e. The first-order chi connectivity index (χ1) is 18.3. The van der Waals surface area contributed by atoms with Crippen molar-refractivity contribution >= 4 is 11.4 Å². The molecule has 0 unspecified atom stereocenters. The molecule has 3 atom stereocenters. The number of nitrogens with one attached hydrogen (secondary N) is 1. The number of pyridine rings is 2. The minimum atomic E-state index is -0.874. The summed E-state index contributed by atoms with van der Waals surface area (Å²) in [5, 5.41) is 13.0. The molecule has 0 bridgehead atoms. The van der Waals surface area contributed by atoms with Crippen LogP contribution in [0.4, 0.5) is 24.5 Å². The highest BCUT2D eigenvalue weighted by Crippen LogP contribution is 2.31. The summed E-state index contributed by atoms with van der Waals surface area (Å²) < 4.78 is 44.9. The van der Waals surface area contributed by atoms with Crippen molar-refractivity contribution in [1.82, 2.24) is 14.9 Å². The Morgan fingerprint density at radius 1 is 1.08 bits per heavy atom. The summed E-state index contributed by atoms with van der Waals surface area (Å²) >= 11 is 0. The van der Waals surface area contributed by atoms with Gasteiger partial charge < -0.3 is 21.1 Å². The Morgan fingerprint density at radius 3 is 2.58 bits per heavy atom. The Morgan fingerprint density at radius 2 is 1.87 bits per heavy atom. The molecule has 4 N–H and O–H groups in total. The van der Waals surface area contributed by atoms with E-state index in [9.17, 15) is 9.50 Å². The number of benzene rings is 1. The van der Waals surface area contributed by atoms with Gasteiger partial charge in [-0.15, -0.1) is 0 Å². The number of likely N-dealkylation sites (tertiary alicyclic amines) is 1. The lowest BCUT2D eigenvalue weighted by atomic mass is 9.96. The van der Waals surface area contributed by atoms with Crippen LogP contribution in [0.25, 0.3) is 11.3 Å². The molecule has 2 aliphatic rings. The van der Waals surface area contributed by atoms with Gasteiger partial charge in [0.05, 0.1) is 41.5 Å². The predicted molar refractivity (Wildman–Crippen MR) is 141 cm³/mol. The molecule has 202 valence electrons. The third kappa shape index (κ3) is 5.92. The van der Waals surface area contributed by atoms with Crippen molar-refractivity contribution in [3.8, 4) is 11.3 Å². The van der Waals surface area contributed by atoms with E-state index in [1.165, 1.54) is 24.3 Å². The van der Waals surface area contributed by atoms with Crippen LogP contribution >= 0.6 is 0 Å². The Hall–Kier alpha value is -3.21. The fourth-order valence-corrected chi connectivity index (χ4v) is 5.49. The SMILES string of the molecule is C[C@@H]1C[C@H](N)CN(c2ccncc2NCc2ccc(F)c(-c3c(F)cc(CN4CC[C@@H](O)C4)cc3F)n2)C1. The molecule has 10 heteroatoms. The molecule has 0 spiro atoms. The summed E-state index contributed by atoms with van der Waals surface area (Å²) in [6.45, 7) is 5.40. The van der Waals surface area contributed by atoms with Crippen molar-refractivity contribution in [2.24, 2.45) is 11.7 Å². The van der Waals surface area contributed by atoms with Crippen molar-refractivity contribution < 1.29 is 18.3 Å². The number of piperidine rings is 1. The average Bonchev–Trinajstić information content (AvgIpc) is 3.27. The van der Waals surface area contributed by atoms with E-state index < -0.39 is 29.1 Å². The van der Waals surface area contributed by atoms with Crippen LogP contribution < -0.4 is 16.0 Å². The molecule has 0 aliphatic carbocycles. The van der Waals surface area contributed by atoms with E-state index in [2.05, 4.69) is 27.1 Å². The van der Waals surface area contributed by atoms with E-state index in [4.69, 9.17) is 5.73 Å². The van der Waals surface area contributed by atoms with Gasteiger partial charge in [-0.3, -0.25) is 9.88 Å². The lowest BCUT2D eigenvalue weighted by Crippen LogP contribution is -2.46. The highest BCUT2D eigenvalue weighted by atomic mass is 19.1. The molecule has 1 aromatic carbocycles. The normalized spacial score (nSPS) is 22.2. The molecule has 0 radical (unpaired) electrons. The van der Waals surface area contributed by atoms with Crippen LogP contribution in [0.1, 0.15) is 31.0 Å². The number of halogens is 3. The van der Waals surface area contributed by atoms with Gasteiger partial charge in [0.25, 0.3) is 0 Å². The number of nitrogens with two attached hydrogens (primary N) is 1. The Bertz CT molecular complexity index is 1260. The van der Waals surface area contributed by atoms with E-state index in [0.29, 0.717) is 43.2 Å². The lowest BCUT2D eigenvalue weighted by Gasteiger charge is -2.37. The Labute approximate surface area is 220 Å². The maximum absolute atomic E-state index is 15.1. The van der Waals surface area contributed by atoms with Gasteiger partial charge in [0.1, 0.15) is 23.1 Å². The number of aliphatic hydroxyl groups is 1. The number of anilines is 2. The summed E-state index contributed by atoms with van der Waals surface area (Å²) in [5.41, 5.74) is 7.96. The quantitative estimate of drug-likeness (QED) is 0.430. The first-order valence-electron chi connectivity index (χ1n) is 13.0. The van der Waals surface area contributed by atoms with Crippen molar-refractivity contribution in [2.75, 3.05) is 36.4 Å². The molecule has 0 saturated carbocycles. The predicted octanol–water partition coefficient (Wildman–Crippen LogP) is 3.91. The summed E-state index contributed by atoms with van der Waals surface area (Å²) in [4.78, 5) is 12.6. The highest BCUT2D eigenvalue weighted by molar-refractivity contribution is 5.69. The molecule has 2 saturated heterocycles. The van der Waals surface area contributed by atoms with E-state index >= 15 is 8.78 Å². The van der Waals surface area contributed by atoms with Gasteiger partial charge in [-0.25, -0.2) is 18.2 Å². The van der Waals surface area contributed by atoms with Crippen molar-refractivity contribution in [3.63, 3.8) is 0 Å². The molecule has 7 nitrogen and oxygen atoms in total. The molecule has 5 rings (SSSR count). The first-order valence-corrected chi connectivity index (χ1v) is 13.0. The molecule has 38 heavy (non-hydrogen) atoms. The average molecular weight is 527 g/mol. The largest absolute Gasteiger partial charge is 0.392 e. The van der Waals surface area contributed by atoms with Gasteiger partial charge in [0.15, 0.2) is 0 Å². The Balaban J connectivity index is 1.34. The topological polar surface area (TPSA) is 90.5 Å². The molecular weight excluding hydrogens is 493 g/mol. The molecule has 2 aliphatic heterocycles. The molecular formula is C28H33F3N6O. The van der Waals surface area contributed by atoms with Crippen molar-refractivity contribution in [3.05, 3.63) is 71.4 Å². The molecule has 3 aromatic rings. The van der Waals surface area contributed by atoms with Gasteiger partial charge in [-0.2, -0.15) is 0 Å². The van der Waals surface area contributed by atoms with Gasteiger partial charge >= 0.3 is 0 Å². The minimum absolute atomic E-state index is 0.0826.